The van der Waals surface area contributed by atoms with Gasteiger partial charge < -0.3 is 0 Å². The molecule has 0 bridgehead atoms. The summed E-state index contributed by atoms with van der Waals surface area (Å²) in [6, 6.07) is 10.5. The van der Waals surface area contributed by atoms with Crippen molar-refractivity contribution in [3.8, 4) is 0 Å². The van der Waals surface area contributed by atoms with Crippen molar-refractivity contribution in [3.63, 3.8) is 0 Å². The van der Waals surface area contributed by atoms with Crippen molar-refractivity contribution in [2.24, 2.45) is 0 Å². The second kappa shape index (κ2) is 7.05. The highest BCUT2D eigenvalue weighted by molar-refractivity contribution is 7.84. The van der Waals surface area contributed by atoms with Crippen molar-refractivity contribution < 1.29 is 4.21 Å². The average molecular weight is 267 g/mol. The summed E-state index contributed by atoms with van der Waals surface area (Å²) < 4.78 is 15.3. The number of nitrogens with one attached hydrogen (secondary N) is 1. The van der Waals surface area contributed by atoms with Crippen LogP contribution in [0.3, 0.4) is 0 Å². The molecule has 0 radical (unpaired) electrons. The molecular formula is C15H25NOS. The van der Waals surface area contributed by atoms with Gasteiger partial charge in [0.15, 0.2) is 0 Å². The zero-order valence-corrected chi connectivity index (χ0v) is 12.7. The Hall–Kier alpha value is -0.670. The molecule has 0 saturated carbocycles. The summed E-state index contributed by atoms with van der Waals surface area (Å²) >= 11 is 0. The highest BCUT2D eigenvalue weighted by Gasteiger charge is 2.23. The lowest BCUT2D eigenvalue weighted by molar-refractivity contribution is 0.548. The van der Waals surface area contributed by atoms with Gasteiger partial charge in [-0.2, -0.15) is 0 Å². The standard InChI is InChI=1S/C15H25NOS/c1-5-6-12-14(13-10-8-7-9-11-13)16-18(17)15(2,3)4/h7-11,14,16H,5-6,12H2,1-4H3. The van der Waals surface area contributed by atoms with Gasteiger partial charge in [0, 0.05) is 6.04 Å². The maximum Gasteiger partial charge on any atom is 0.0975 e. The lowest BCUT2D eigenvalue weighted by Gasteiger charge is -2.24. The van der Waals surface area contributed by atoms with Crippen molar-refractivity contribution in [3.05, 3.63) is 35.9 Å². The molecule has 0 spiro atoms. The van der Waals surface area contributed by atoms with E-state index in [-0.39, 0.29) is 10.8 Å². The largest absolute Gasteiger partial charge is 0.242 e. The first kappa shape index (κ1) is 15.4. The minimum Gasteiger partial charge on any atom is -0.242 e. The number of benzene rings is 1. The first-order chi connectivity index (χ1) is 8.45. The van der Waals surface area contributed by atoms with Crippen molar-refractivity contribution in [2.45, 2.75) is 57.7 Å². The van der Waals surface area contributed by atoms with Crippen molar-refractivity contribution >= 4 is 11.0 Å². The van der Waals surface area contributed by atoms with E-state index in [1.807, 2.05) is 39.0 Å². The third-order valence-electron chi connectivity index (χ3n) is 2.85. The zero-order valence-electron chi connectivity index (χ0n) is 11.9. The topological polar surface area (TPSA) is 29.1 Å². The number of hydrogen-bond acceptors (Lipinski definition) is 1. The van der Waals surface area contributed by atoms with E-state index in [4.69, 9.17) is 0 Å². The van der Waals surface area contributed by atoms with Crippen LogP contribution in [0.2, 0.25) is 0 Å². The van der Waals surface area contributed by atoms with Crippen molar-refractivity contribution in [1.29, 1.82) is 0 Å². The fourth-order valence-electron chi connectivity index (χ4n) is 1.69. The molecular weight excluding hydrogens is 242 g/mol. The maximum atomic E-state index is 12.2. The Morgan fingerprint density at radius 3 is 2.33 bits per heavy atom. The zero-order chi connectivity index (χ0) is 13.6. The molecule has 0 amide bonds. The van der Waals surface area contributed by atoms with Crippen LogP contribution in [0.1, 0.15) is 58.6 Å². The van der Waals surface area contributed by atoms with Crippen LogP contribution in [0.5, 0.6) is 0 Å². The first-order valence-electron chi connectivity index (χ1n) is 6.68. The van der Waals surface area contributed by atoms with E-state index < -0.39 is 11.0 Å². The van der Waals surface area contributed by atoms with Gasteiger partial charge in [-0.15, -0.1) is 0 Å². The molecule has 0 aliphatic carbocycles. The van der Waals surface area contributed by atoms with Gasteiger partial charge in [0.2, 0.25) is 0 Å². The summed E-state index contributed by atoms with van der Waals surface area (Å²) in [6.45, 7) is 8.18. The third-order valence-corrected chi connectivity index (χ3v) is 4.46. The van der Waals surface area contributed by atoms with Gasteiger partial charge in [0.05, 0.1) is 15.7 Å². The molecule has 1 rings (SSSR count). The maximum absolute atomic E-state index is 12.2. The van der Waals surface area contributed by atoms with Crippen LogP contribution < -0.4 is 4.72 Å². The smallest absolute Gasteiger partial charge is 0.0975 e. The van der Waals surface area contributed by atoms with Gasteiger partial charge in [-0.25, -0.2) is 8.93 Å². The summed E-state index contributed by atoms with van der Waals surface area (Å²) in [7, 11) is -1.02. The second-order valence-corrected chi connectivity index (χ2v) is 7.60. The van der Waals surface area contributed by atoms with Crippen molar-refractivity contribution in [1.82, 2.24) is 4.72 Å². The highest BCUT2D eigenvalue weighted by atomic mass is 32.2. The predicted octanol–water partition coefficient (Wildman–Crippen LogP) is 3.97. The van der Waals surface area contributed by atoms with Crippen LogP contribution in [0, 0.1) is 0 Å². The molecule has 3 heteroatoms. The van der Waals surface area contributed by atoms with Gasteiger partial charge in [-0.3, -0.25) is 0 Å². The van der Waals surface area contributed by atoms with E-state index >= 15 is 0 Å². The quantitative estimate of drug-likeness (QED) is 0.830. The Labute approximate surface area is 114 Å². The second-order valence-electron chi connectivity index (χ2n) is 5.60. The molecule has 102 valence electrons. The Bertz CT molecular complexity index is 370. The summed E-state index contributed by atoms with van der Waals surface area (Å²) in [5, 5.41) is 0. The Morgan fingerprint density at radius 1 is 1.22 bits per heavy atom. The van der Waals surface area contributed by atoms with Crippen LogP contribution in [0.4, 0.5) is 0 Å². The number of hydrogen-bond donors (Lipinski definition) is 1. The van der Waals surface area contributed by atoms with Crippen LogP contribution in [-0.2, 0) is 11.0 Å². The molecule has 2 atom stereocenters. The molecule has 0 heterocycles. The van der Waals surface area contributed by atoms with Crippen LogP contribution in [0.15, 0.2) is 30.3 Å². The molecule has 1 aromatic carbocycles. The Balaban J connectivity index is 2.77. The third kappa shape index (κ3) is 4.91. The summed E-state index contributed by atoms with van der Waals surface area (Å²) in [5.74, 6) is 0. The normalized spacial score (nSPS) is 15.3. The predicted molar refractivity (Wildman–Crippen MR) is 79.7 cm³/mol. The molecule has 18 heavy (non-hydrogen) atoms. The lowest BCUT2D eigenvalue weighted by Crippen LogP contribution is -2.35. The van der Waals surface area contributed by atoms with E-state index in [0.29, 0.717) is 0 Å². The fraction of sp³-hybridized carbons (Fsp3) is 0.600. The first-order valence-corrected chi connectivity index (χ1v) is 7.83. The molecule has 1 N–H and O–H groups in total. The van der Waals surface area contributed by atoms with Gasteiger partial charge in [0.1, 0.15) is 0 Å². The van der Waals surface area contributed by atoms with E-state index in [1.165, 1.54) is 5.56 Å². The van der Waals surface area contributed by atoms with Crippen molar-refractivity contribution in [2.75, 3.05) is 0 Å². The van der Waals surface area contributed by atoms with E-state index in [2.05, 4.69) is 23.8 Å². The monoisotopic (exact) mass is 267 g/mol. The lowest BCUT2D eigenvalue weighted by atomic mass is 10.0. The van der Waals surface area contributed by atoms with Gasteiger partial charge in [-0.05, 0) is 32.8 Å². The summed E-state index contributed by atoms with van der Waals surface area (Å²) in [6.07, 6.45) is 3.34. The highest BCUT2D eigenvalue weighted by Crippen LogP contribution is 2.22. The molecule has 1 aromatic rings. The summed E-state index contributed by atoms with van der Waals surface area (Å²) in [5.41, 5.74) is 1.23. The van der Waals surface area contributed by atoms with Gasteiger partial charge in [0.25, 0.3) is 0 Å². The minimum absolute atomic E-state index is 0.186. The Morgan fingerprint density at radius 2 is 1.83 bits per heavy atom. The molecule has 0 fully saturated rings. The van der Waals surface area contributed by atoms with Crippen LogP contribution in [0.25, 0.3) is 0 Å². The molecule has 0 saturated heterocycles. The fourth-order valence-corrected chi connectivity index (χ4v) is 2.56. The minimum atomic E-state index is -1.02. The molecule has 0 aromatic heterocycles. The van der Waals surface area contributed by atoms with Crippen LogP contribution in [-0.4, -0.2) is 8.96 Å². The molecule has 0 aliphatic rings. The SMILES string of the molecule is CCCCC(NS(=O)C(C)(C)C)c1ccccc1. The molecule has 2 unspecified atom stereocenters. The molecule has 0 aliphatic heterocycles. The van der Waals surface area contributed by atoms with Gasteiger partial charge >= 0.3 is 0 Å². The number of unbranched alkanes of at least 4 members (excludes halogenated alkanes) is 1. The van der Waals surface area contributed by atoms with Crippen LogP contribution >= 0.6 is 0 Å². The Kier molecular flexibility index (Phi) is 6.03. The number of rotatable bonds is 6. The van der Waals surface area contributed by atoms with E-state index in [0.717, 1.165) is 19.3 Å². The van der Waals surface area contributed by atoms with Gasteiger partial charge in [-0.1, -0.05) is 50.1 Å². The average Bonchev–Trinajstić information content (AvgIpc) is 2.34. The van der Waals surface area contributed by atoms with E-state index in [1.54, 1.807) is 0 Å². The molecule has 2 nitrogen and oxygen atoms in total. The van der Waals surface area contributed by atoms with E-state index in [9.17, 15) is 4.21 Å². The summed E-state index contributed by atoms with van der Waals surface area (Å²) in [4.78, 5) is 0.